The molecule has 1 atom stereocenters. The molecule has 1 amide bonds. The fraction of sp³-hybridized carbons (Fsp3) is 0.467. The number of nitrogens with one attached hydrogen (secondary N) is 1. The number of amides is 1. The second kappa shape index (κ2) is 5.61. The molecule has 0 aromatic heterocycles. The lowest BCUT2D eigenvalue weighted by Gasteiger charge is -2.40. The molecule has 1 aromatic carbocycles. The van der Waals surface area contributed by atoms with Gasteiger partial charge in [-0.1, -0.05) is 25.5 Å². The lowest BCUT2D eigenvalue weighted by atomic mass is 9.63. The van der Waals surface area contributed by atoms with Gasteiger partial charge in [0.25, 0.3) is 0 Å². The van der Waals surface area contributed by atoms with Crippen LogP contribution in [0.5, 0.6) is 0 Å². The van der Waals surface area contributed by atoms with Crippen LogP contribution in [0.2, 0.25) is 0 Å². The number of carboxylic acids is 1. The molecule has 0 heterocycles. The maximum atomic E-state index is 13.3. The molecule has 108 valence electrons. The zero-order valence-corrected chi connectivity index (χ0v) is 11.4. The van der Waals surface area contributed by atoms with E-state index in [0.717, 1.165) is 6.42 Å². The largest absolute Gasteiger partial charge is 0.481 e. The minimum absolute atomic E-state index is 0.0885. The van der Waals surface area contributed by atoms with Crippen LogP contribution in [0.15, 0.2) is 24.3 Å². The van der Waals surface area contributed by atoms with E-state index in [1.54, 1.807) is 12.1 Å². The molecular formula is C15H18FNO3. The summed E-state index contributed by atoms with van der Waals surface area (Å²) in [4.78, 5) is 23.1. The number of benzene rings is 1. The number of rotatable bonds is 5. The molecule has 1 saturated carbocycles. The average Bonchev–Trinajstić information content (AvgIpc) is 2.34. The second-order valence-electron chi connectivity index (χ2n) is 5.40. The summed E-state index contributed by atoms with van der Waals surface area (Å²) >= 11 is 0. The Labute approximate surface area is 117 Å². The van der Waals surface area contributed by atoms with Crippen LogP contribution in [0.25, 0.3) is 0 Å². The zero-order chi connectivity index (χ0) is 14.8. The lowest BCUT2D eigenvalue weighted by molar-refractivity contribution is -0.141. The van der Waals surface area contributed by atoms with Gasteiger partial charge in [0, 0.05) is 6.54 Å². The van der Waals surface area contributed by atoms with Gasteiger partial charge in [-0.3, -0.25) is 9.59 Å². The minimum atomic E-state index is -0.946. The van der Waals surface area contributed by atoms with Gasteiger partial charge in [-0.15, -0.1) is 0 Å². The van der Waals surface area contributed by atoms with E-state index >= 15 is 0 Å². The molecule has 1 aromatic rings. The molecule has 5 heteroatoms. The molecule has 0 saturated heterocycles. The van der Waals surface area contributed by atoms with Crippen molar-refractivity contribution in [1.82, 2.24) is 5.32 Å². The summed E-state index contributed by atoms with van der Waals surface area (Å²) in [6.45, 7) is 1.63. The number of carboxylic acid groups (broad SMARTS) is 1. The number of hydrogen-bond donors (Lipinski definition) is 2. The summed E-state index contributed by atoms with van der Waals surface area (Å²) in [5.41, 5.74) is -0.0235. The summed E-state index contributed by atoms with van der Waals surface area (Å²) in [5.74, 6) is -2.15. The quantitative estimate of drug-likeness (QED) is 0.867. The fourth-order valence-corrected chi connectivity index (χ4v) is 2.47. The van der Waals surface area contributed by atoms with E-state index in [2.05, 4.69) is 5.32 Å². The van der Waals surface area contributed by atoms with E-state index in [1.807, 2.05) is 0 Å². The van der Waals surface area contributed by atoms with Crippen LogP contribution in [0.1, 0.15) is 31.7 Å². The van der Waals surface area contributed by atoms with Gasteiger partial charge in [-0.05, 0) is 30.5 Å². The summed E-state index contributed by atoms with van der Waals surface area (Å²) < 4.78 is 13.3. The van der Waals surface area contributed by atoms with Crippen molar-refractivity contribution in [2.24, 2.45) is 5.92 Å². The van der Waals surface area contributed by atoms with E-state index < -0.39 is 17.3 Å². The van der Waals surface area contributed by atoms with Crippen molar-refractivity contribution < 1.29 is 19.1 Å². The van der Waals surface area contributed by atoms with Crippen molar-refractivity contribution in [3.63, 3.8) is 0 Å². The van der Waals surface area contributed by atoms with E-state index in [9.17, 15) is 14.0 Å². The number of halogens is 1. The fourth-order valence-electron chi connectivity index (χ4n) is 2.47. The highest BCUT2D eigenvalue weighted by atomic mass is 19.1. The van der Waals surface area contributed by atoms with Gasteiger partial charge in [0.15, 0.2) is 0 Å². The van der Waals surface area contributed by atoms with Gasteiger partial charge in [-0.2, -0.15) is 0 Å². The van der Waals surface area contributed by atoms with E-state index in [1.165, 1.54) is 19.1 Å². The Hall–Kier alpha value is -1.91. The van der Waals surface area contributed by atoms with Gasteiger partial charge in [0.05, 0.1) is 11.3 Å². The lowest BCUT2D eigenvalue weighted by Crippen LogP contribution is -2.50. The molecule has 0 radical (unpaired) electrons. The van der Waals surface area contributed by atoms with Gasteiger partial charge >= 0.3 is 5.97 Å². The first kappa shape index (κ1) is 14.5. The number of carbonyl (C=O) groups is 2. The molecule has 1 unspecified atom stereocenters. The third-order valence-corrected chi connectivity index (χ3v) is 4.01. The Morgan fingerprint density at radius 2 is 2.15 bits per heavy atom. The van der Waals surface area contributed by atoms with Crippen LogP contribution in [0, 0.1) is 11.7 Å². The summed E-state index contributed by atoms with van der Waals surface area (Å²) in [7, 11) is 0. The van der Waals surface area contributed by atoms with Crippen LogP contribution in [-0.4, -0.2) is 23.5 Å². The standard InChI is InChI=1S/C15H18FNO3/c1-10(13(18)19)9-17-14(20)15(6-3-7-15)11-4-2-5-12(16)8-11/h2,4-5,8,10H,3,6-7,9H2,1H3,(H,17,20)(H,18,19). The van der Waals surface area contributed by atoms with E-state index in [0.29, 0.717) is 18.4 Å². The van der Waals surface area contributed by atoms with Crippen molar-refractivity contribution in [3.8, 4) is 0 Å². The molecule has 0 spiro atoms. The SMILES string of the molecule is CC(CNC(=O)C1(c2cccc(F)c2)CCC1)C(=O)O. The average molecular weight is 279 g/mol. The summed E-state index contributed by atoms with van der Waals surface area (Å²) in [6.07, 6.45) is 2.26. The molecule has 1 fully saturated rings. The maximum absolute atomic E-state index is 13.3. The minimum Gasteiger partial charge on any atom is -0.481 e. The highest BCUT2D eigenvalue weighted by Gasteiger charge is 2.45. The predicted molar refractivity (Wildman–Crippen MR) is 71.7 cm³/mol. The highest BCUT2D eigenvalue weighted by molar-refractivity contribution is 5.89. The first-order valence-electron chi connectivity index (χ1n) is 6.73. The monoisotopic (exact) mass is 279 g/mol. The van der Waals surface area contributed by atoms with E-state index in [4.69, 9.17) is 5.11 Å². The number of carbonyl (C=O) groups excluding carboxylic acids is 1. The Balaban J connectivity index is 2.11. The second-order valence-corrected chi connectivity index (χ2v) is 5.40. The molecule has 2 N–H and O–H groups in total. The molecule has 0 aliphatic heterocycles. The Kier molecular flexibility index (Phi) is 4.06. The van der Waals surface area contributed by atoms with Crippen LogP contribution in [0.3, 0.4) is 0 Å². The smallest absolute Gasteiger partial charge is 0.308 e. The van der Waals surface area contributed by atoms with Crippen LogP contribution in [0.4, 0.5) is 4.39 Å². The van der Waals surface area contributed by atoms with Gasteiger partial charge in [0.1, 0.15) is 5.82 Å². The van der Waals surface area contributed by atoms with Crippen molar-refractivity contribution in [1.29, 1.82) is 0 Å². The molecule has 20 heavy (non-hydrogen) atoms. The van der Waals surface area contributed by atoms with Gasteiger partial charge in [0.2, 0.25) is 5.91 Å². The molecular weight excluding hydrogens is 261 g/mol. The van der Waals surface area contributed by atoms with Crippen molar-refractivity contribution in [3.05, 3.63) is 35.6 Å². The predicted octanol–water partition coefficient (Wildman–Crippen LogP) is 2.08. The third-order valence-electron chi connectivity index (χ3n) is 4.01. The van der Waals surface area contributed by atoms with Crippen LogP contribution >= 0.6 is 0 Å². The summed E-state index contributed by atoms with van der Waals surface area (Å²) in [5, 5.41) is 11.5. The van der Waals surface area contributed by atoms with Crippen LogP contribution < -0.4 is 5.32 Å². The zero-order valence-electron chi connectivity index (χ0n) is 11.4. The topological polar surface area (TPSA) is 66.4 Å². The molecule has 1 aliphatic carbocycles. The molecule has 2 rings (SSSR count). The van der Waals surface area contributed by atoms with E-state index in [-0.39, 0.29) is 18.3 Å². The summed E-state index contributed by atoms with van der Waals surface area (Å²) in [6, 6.07) is 6.08. The van der Waals surface area contributed by atoms with Crippen molar-refractivity contribution in [2.75, 3.05) is 6.54 Å². The van der Waals surface area contributed by atoms with Crippen molar-refractivity contribution in [2.45, 2.75) is 31.6 Å². The Morgan fingerprint density at radius 3 is 2.65 bits per heavy atom. The van der Waals surface area contributed by atoms with Crippen LogP contribution in [-0.2, 0) is 15.0 Å². The molecule has 0 bridgehead atoms. The molecule has 1 aliphatic rings. The third kappa shape index (κ3) is 2.66. The first-order valence-corrected chi connectivity index (χ1v) is 6.73. The van der Waals surface area contributed by atoms with Crippen molar-refractivity contribution >= 4 is 11.9 Å². The maximum Gasteiger partial charge on any atom is 0.308 e. The number of hydrogen-bond acceptors (Lipinski definition) is 2. The Morgan fingerprint density at radius 1 is 1.45 bits per heavy atom. The number of aliphatic carboxylic acids is 1. The Bertz CT molecular complexity index is 526. The highest BCUT2D eigenvalue weighted by Crippen LogP contribution is 2.44. The first-order chi connectivity index (χ1) is 9.45. The normalized spacial score (nSPS) is 17.9. The molecule has 4 nitrogen and oxygen atoms in total. The van der Waals surface area contributed by atoms with Gasteiger partial charge < -0.3 is 10.4 Å². The van der Waals surface area contributed by atoms with Gasteiger partial charge in [-0.25, -0.2) is 4.39 Å².